The molecule has 5 nitrogen and oxygen atoms in total. The minimum Gasteiger partial charge on any atom is -0.341 e. The van der Waals surface area contributed by atoms with E-state index in [1.165, 1.54) is 4.31 Å². The molecule has 2 aromatic rings. The molecule has 6 heteroatoms. The third-order valence-corrected chi connectivity index (χ3v) is 6.81. The summed E-state index contributed by atoms with van der Waals surface area (Å²) in [5, 5.41) is 0. The van der Waals surface area contributed by atoms with E-state index >= 15 is 0 Å². The van der Waals surface area contributed by atoms with Crippen LogP contribution < -0.4 is 4.31 Å². The number of hydrogen-bond acceptors (Lipinski definition) is 3. The van der Waals surface area contributed by atoms with Crippen LogP contribution in [0.3, 0.4) is 0 Å². The summed E-state index contributed by atoms with van der Waals surface area (Å²) in [7, 11) is -3.84. The first kappa shape index (κ1) is 19.4. The summed E-state index contributed by atoms with van der Waals surface area (Å²) in [6.45, 7) is 5.22. The first-order chi connectivity index (χ1) is 12.9. The number of nitrogens with zero attached hydrogens (tertiary/aromatic N) is 2. The Labute approximate surface area is 161 Å². The second kappa shape index (κ2) is 8.13. The van der Waals surface area contributed by atoms with Crippen LogP contribution in [0.4, 0.5) is 5.69 Å². The fourth-order valence-corrected chi connectivity index (χ4v) is 4.81. The fourth-order valence-electron chi connectivity index (χ4n) is 3.29. The van der Waals surface area contributed by atoms with Gasteiger partial charge in [-0.05, 0) is 55.5 Å². The number of sulfonamides is 1. The third kappa shape index (κ3) is 4.50. The number of para-hydroxylation sites is 1. The van der Waals surface area contributed by atoms with Crippen LogP contribution in [0.25, 0.3) is 0 Å². The Morgan fingerprint density at radius 1 is 1.07 bits per heavy atom. The molecule has 1 fully saturated rings. The van der Waals surface area contributed by atoms with E-state index in [0.29, 0.717) is 24.7 Å². The van der Waals surface area contributed by atoms with Crippen molar-refractivity contribution in [2.24, 2.45) is 5.92 Å². The molecule has 3 rings (SSSR count). The number of anilines is 1. The van der Waals surface area contributed by atoms with Crippen LogP contribution >= 0.6 is 0 Å². The summed E-state index contributed by atoms with van der Waals surface area (Å²) >= 11 is 0. The molecular formula is C21H26N2O3S. The highest BCUT2D eigenvalue weighted by Crippen LogP contribution is 2.25. The number of benzene rings is 2. The summed E-state index contributed by atoms with van der Waals surface area (Å²) in [6.07, 6.45) is 1.92. The zero-order chi connectivity index (χ0) is 19.4. The molecule has 1 saturated heterocycles. The van der Waals surface area contributed by atoms with Crippen LogP contribution in [-0.2, 0) is 14.8 Å². The lowest BCUT2D eigenvalue weighted by Gasteiger charge is -2.32. The number of piperidine rings is 1. The predicted molar refractivity (Wildman–Crippen MR) is 107 cm³/mol. The average molecular weight is 387 g/mol. The molecule has 1 aliphatic heterocycles. The number of likely N-dealkylation sites (tertiary alicyclic amines) is 1. The highest BCUT2D eigenvalue weighted by atomic mass is 32.2. The molecule has 0 aliphatic carbocycles. The Balaban J connectivity index is 1.91. The number of hydrogen-bond donors (Lipinski definition) is 0. The number of amides is 1. The van der Waals surface area contributed by atoms with Gasteiger partial charge in [-0.2, -0.15) is 0 Å². The van der Waals surface area contributed by atoms with Gasteiger partial charge in [0.15, 0.2) is 0 Å². The topological polar surface area (TPSA) is 57.7 Å². The van der Waals surface area contributed by atoms with Gasteiger partial charge in [-0.15, -0.1) is 0 Å². The quantitative estimate of drug-likeness (QED) is 0.791. The van der Waals surface area contributed by atoms with Crippen LogP contribution in [-0.4, -0.2) is 38.9 Å². The van der Waals surface area contributed by atoms with Crippen LogP contribution in [0.1, 0.15) is 25.3 Å². The molecule has 0 bridgehead atoms. The van der Waals surface area contributed by atoms with E-state index in [1.54, 1.807) is 47.4 Å². The van der Waals surface area contributed by atoms with Crippen molar-refractivity contribution in [1.82, 2.24) is 4.90 Å². The number of aryl methyl sites for hydroxylation is 1. The number of carbonyl (C=O) groups excluding carboxylic acids is 1. The Morgan fingerprint density at radius 2 is 1.74 bits per heavy atom. The molecule has 0 unspecified atom stereocenters. The minimum absolute atomic E-state index is 0.151. The maximum Gasteiger partial charge on any atom is 0.264 e. The average Bonchev–Trinajstić information content (AvgIpc) is 2.67. The second-order valence-electron chi connectivity index (χ2n) is 7.23. The molecule has 0 aromatic heterocycles. The summed E-state index contributed by atoms with van der Waals surface area (Å²) in [4.78, 5) is 14.8. The lowest BCUT2D eigenvalue weighted by Crippen LogP contribution is -2.45. The van der Waals surface area contributed by atoms with Gasteiger partial charge in [0.2, 0.25) is 5.91 Å². The maximum absolute atomic E-state index is 13.3. The third-order valence-electron chi connectivity index (χ3n) is 5.04. The van der Waals surface area contributed by atoms with Crippen molar-refractivity contribution >= 4 is 21.6 Å². The summed E-state index contributed by atoms with van der Waals surface area (Å²) < 4.78 is 27.8. The lowest BCUT2D eigenvalue weighted by atomic mass is 9.99. The van der Waals surface area contributed by atoms with Gasteiger partial charge in [-0.3, -0.25) is 9.10 Å². The van der Waals surface area contributed by atoms with E-state index in [0.717, 1.165) is 18.4 Å². The van der Waals surface area contributed by atoms with Crippen molar-refractivity contribution in [3.8, 4) is 0 Å². The molecule has 144 valence electrons. The molecule has 0 atom stereocenters. The van der Waals surface area contributed by atoms with E-state index in [9.17, 15) is 13.2 Å². The molecule has 2 aromatic carbocycles. The van der Waals surface area contributed by atoms with E-state index < -0.39 is 10.0 Å². The first-order valence-electron chi connectivity index (χ1n) is 9.30. The Hall–Kier alpha value is -2.34. The molecule has 27 heavy (non-hydrogen) atoms. The van der Waals surface area contributed by atoms with Gasteiger partial charge in [0, 0.05) is 13.1 Å². The monoisotopic (exact) mass is 386 g/mol. The minimum atomic E-state index is -3.84. The second-order valence-corrected chi connectivity index (χ2v) is 9.09. The van der Waals surface area contributed by atoms with Crippen LogP contribution in [0, 0.1) is 12.8 Å². The standard InChI is InChI=1S/C21H26N2O3S/c1-17-11-13-22(14-12-17)21(24)16-23(19-8-4-3-5-9-19)27(25,26)20-10-6-7-18(2)15-20/h3-10,15,17H,11-14,16H2,1-2H3. The van der Waals surface area contributed by atoms with E-state index in [2.05, 4.69) is 6.92 Å². The van der Waals surface area contributed by atoms with Gasteiger partial charge in [-0.1, -0.05) is 37.3 Å². The van der Waals surface area contributed by atoms with Gasteiger partial charge >= 0.3 is 0 Å². The summed E-state index contributed by atoms with van der Waals surface area (Å²) in [6, 6.07) is 15.6. The van der Waals surface area contributed by atoms with Gasteiger partial charge < -0.3 is 4.90 Å². The van der Waals surface area contributed by atoms with Crippen LogP contribution in [0.2, 0.25) is 0 Å². The predicted octanol–water partition coefficient (Wildman–Crippen LogP) is 3.45. The zero-order valence-electron chi connectivity index (χ0n) is 15.8. The summed E-state index contributed by atoms with van der Waals surface area (Å²) in [5.74, 6) is 0.456. The molecule has 1 amide bonds. The molecule has 0 N–H and O–H groups in total. The number of rotatable bonds is 5. The number of carbonyl (C=O) groups is 1. The largest absolute Gasteiger partial charge is 0.341 e. The maximum atomic E-state index is 13.3. The van der Waals surface area contributed by atoms with Crippen LogP contribution in [0.5, 0.6) is 0 Å². The van der Waals surface area contributed by atoms with Gasteiger partial charge in [-0.25, -0.2) is 8.42 Å². The molecule has 1 aliphatic rings. The van der Waals surface area contributed by atoms with Crippen molar-refractivity contribution in [3.63, 3.8) is 0 Å². The van der Waals surface area contributed by atoms with E-state index in [-0.39, 0.29) is 17.3 Å². The summed E-state index contributed by atoms with van der Waals surface area (Å²) in [5.41, 5.74) is 1.36. The van der Waals surface area contributed by atoms with Crippen LogP contribution in [0.15, 0.2) is 59.5 Å². The fraction of sp³-hybridized carbons (Fsp3) is 0.381. The van der Waals surface area contributed by atoms with Gasteiger partial charge in [0.05, 0.1) is 10.6 Å². The molecule has 0 radical (unpaired) electrons. The highest BCUT2D eigenvalue weighted by Gasteiger charge is 2.30. The Morgan fingerprint density at radius 3 is 2.37 bits per heavy atom. The van der Waals surface area contributed by atoms with Crippen molar-refractivity contribution in [3.05, 3.63) is 60.2 Å². The van der Waals surface area contributed by atoms with E-state index in [1.807, 2.05) is 19.1 Å². The van der Waals surface area contributed by atoms with Gasteiger partial charge in [0.1, 0.15) is 6.54 Å². The molecule has 1 heterocycles. The molecular weight excluding hydrogens is 360 g/mol. The van der Waals surface area contributed by atoms with Crippen molar-refractivity contribution < 1.29 is 13.2 Å². The van der Waals surface area contributed by atoms with Crippen molar-refractivity contribution in [2.45, 2.75) is 31.6 Å². The first-order valence-corrected chi connectivity index (χ1v) is 10.7. The highest BCUT2D eigenvalue weighted by molar-refractivity contribution is 7.92. The normalized spacial score (nSPS) is 15.6. The van der Waals surface area contributed by atoms with Gasteiger partial charge in [0.25, 0.3) is 10.0 Å². The molecule has 0 saturated carbocycles. The van der Waals surface area contributed by atoms with Crippen molar-refractivity contribution in [2.75, 3.05) is 23.9 Å². The van der Waals surface area contributed by atoms with E-state index in [4.69, 9.17) is 0 Å². The Bertz CT molecular complexity index is 889. The smallest absolute Gasteiger partial charge is 0.264 e. The SMILES string of the molecule is Cc1cccc(S(=O)(=O)N(CC(=O)N2CCC(C)CC2)c2ccccc2)c1. The zero-order valence-corrected chi connectivity index (χ0v) is 16.7. The molecule has 0 spiro atoms. The lowest BCUT2D eigenvalue weighted by molar-refractivity contribution is -0.130. The Kier molecular flexibility index (Phi) is 5.85. The van der Waals surface area contributed by atoms with Crippen molar-refractivity contribution in [1.29, 1.82) is 0 Å².